The quantitative estimate of drug-likeness (QED) is 0.00892. The van der Waals surface area contributed by atoms with Crippen molar-refractivity contribution < 1.29 is 90.0 Å². The average Bonchev–Trinajstić information content (AvgIpc) is 0.804. The fourth-order valence-electron chi connectivity index (χ4n) is 12.6. The van der Waals surface area contributed by atoms with E-state index in [1.54, 1.807) is 68.3 Å². The maximum atomic E-state index is 14.1. The lowest BCUT2D eigenvalue weighted by Crippen LogP contribution is -2.37. The van der Waals surface area contributed by atoms with Crippen LogP contribution >= 0.6 is 39.1 Å². The fraction of sp³-hybridized carbons (Fsp3) is 0.277. The van der Waals surface area contributed by atoms with Gasteiger partial charge in [0.15, 0.2) is 75.4 Å². The first-order valence-corrected chi connectivity index (χ1v) is 41.5. The third-order valence-electron chi connectivity index (χ3n) is 19.2. The predicted molar refractivity (Wildman–Crippen MR) is 486 cm³/mol. The monoisotopic (exact) mass is 1930 g/mol. The molecule has 0 spiro atoms. The second-order valence-corrected chi connectivity index (χ2v) is 29.5. The molecule has 16 rings (SSSR count). The molecule has 0 amide bonds. The second kappa shape index (κ2) is 48.2. The number of nitro benzene ring substituents is 1. The van der Waals surface area contributed by atoms with E-state index in [1.807, 2.05) is 35.2 Å². The van der Waals surface area contributed by atoms with Gasteiger partial charge in [0.25, 0.3) is 0 Å². The first kappa shape index (κ1) is 96.6. The van der Waals surface area contributed by atoms with Crippen LogP contribution in [0.25, 0.3) is 10.8 Å². The number of hydrogen-bond acceptors (Lipinski definition) is 40. The van der Waals surface area contributed by atoms with Crippen LogP contribution < -0.4 is 61.1 Å². The summed E-state index contributed by atoms with van der Waals surface area (Å²) in [6.45, 7) is 10.7. The Labute approximate surface area is 766 Å². The number of nitro groups is 1. The first-order chi connectivity index (χ1) is 64.0. The molecule has 5 aliphatic heterocycles. The van der Waals surface area contributed by atoms with Crippen LogP contribution in [-0.4, -0.2) is 265 Å². The molecule has 692 valence electrons. The summed E-state index contributed by atoms with van der Waals surface area (Å²) in [6, 6.07) is 26.6. The van der Waals surface area contributed by atoms with Gasteiger partial charge in [-0.15, -0.1) is 0 Å². The van der Waals surface area contributed by atoms with Gasteiger partial charge in [0.05, 0.1) is 165 Å². The lowest BCUT2D eigenvalue weighted by atomic mass is 10.0. The Hall–Kier alpha value is -14.5. The van der Waals surface area contributed by atoms with E-state index in [0.29, 0.717) is 170 Å². The van der Waals surface area contributed by atoms with E-state index in [2.05, 4.69) is 123 Å². The van der Waals surface area contributed by atoms with Gasteiger partial charge in [0.1, 0.15) is 11.5 Å². The number of methoxy groups -OCH3 is 3. The van der Waals surface area contributed by atoms with Crippen LogP contribution in [0.2, 0.25) is 10.0 Å². The minimum absolute atomic E-state index is 0.0460. The summed E-state index contributed by atoms with van der Waals surface area (Å²) in [7, 11) is 4.06. The van der Waals surface area contributed by atoms with Gasteiger partial charge in [0, 0.05) is 103 Å². The van der Waals surface area contributed by atoms with E-state index in [4.69, 9.17) is 56.4 Å². The van der Waals surface area contributed by atoms with Crippen molar-refractivity contribution in [2.24, 2.45) is 25.5 Å². The topological polar surface area (TPSA) is 482 Å². The van der Waals surface area contributed by atoms with Crippen LogP contribution in [0, 0.1) is 39.2 Å². The maximum Gasteiger partial charge on any atom is 0.337 e. The zero-order chi connectivity index (χ0) is 93.4. The highest BCUT2D eigenvalue weighted by Crippen LogP contribution is 2.38. The first-order valence-electron chi connectivity index (χ1n) is 39.9. The van der Waals surface area contributed by atoms with Crippen molar-refractivity contribution in [2.75, 3.05) is 204 Å². The Kier molecular flexibility index (Phi) is 35.3. The van der Waals surface area contributed by atoms with Crippen LogP contribution in [0.3, 0.4) is 0 Å². The van der Waals surface area contributed by atoms with Crippen molar-refractivity contribution in [2.45, 2.75) is 0 Å². The van der Waals surface area contributed by atoms with Crippen LogP contribution in [0.5, 0.6) is 34.5 Å². The van der Waals surface area contributed by atoms with Crippen molar-refractivity contribution in [3.63, 3.8) is 0 Å². The number of carbonyl (C=O) groups excluding carboxylic acids is 1. The Morgan fingerprint density at radius 2 is 0.818 bits per heavy atom. The van der Waals surface area contributed by atoms with Crippen LogP contribution in [0.4, 0.5) is 86.5 Å². The molecule has 11 aromatic rings. The molecule has 9 N–H and O–H groups in total. The van der Waals surface area contributed by atoms with Gasteiger partial charge < -0.3 is 82.8 Å². The molecule has 132 heavy (non-hydrogen) atoms. The number of phenols is 4. The number of aromatic nitrogens is 10. The van der Waals surface area contributed by atoms with Crippen molar-refractivity contribution in [1.82, 2.24) is 49.8 Å². The van der Waals surface area contributed by atoms with Gasteiger partial charge in [-0.25, -0.2) is 78.8 Å². The number of hydrazone groups is 5. The van der Waals surface area contributed by atoms with E-state index >= 15 is 0 Å². The normalized spacial score (nSPS) is 14.6. The van der Waals surface area contributed by atoms with Crippen molar-refractivity contribution in [3.8, 4) is 34.5 Å². The lowest BCUT2D eigenvalue weighted by molar-refractivity contribution is -0.386. The number of hydrogen-bond donors (Lipinski definition) is 9. The number of morpholine rings is 5. The molecule has 5 aliphatic rings. The third-order valence-corrected chi connectivity index (χ3v) is 20.1. The Morgan fingerprint density at radius 3 is 1.20 bits per heavy atom. The highest BCUT2D eigenvalue weighted by atomic mass is 79.9. The van der Waals surface area contributed by atoms with Gasteiger partial charge >= 0.3 is 11.7 Å². The van der Waals surface area contributed by atoms with Gasteiger partial charge in [-0.1, -0.05) is 81.6 Å². The molecule has 41 nitrogen and oxygen atoms in total. The van der Waals surface area contributed by atoms with Gasteiger partial charge in [0.2, 0.25) is 35.5 Å². The third kappa shape index (κ3) is 27.1. The number of fused-ring (bicyclic) bond motifs is 1. The Balaban J connectivity index is 0.000000149. The number of nitrogens with zero attached hydrogens (tertiary/aromatic N) is 21. The van der Waals surface area contributed by atoms with Crippen molar-refractivity contribution in [3.05, 3.63) is 215 Å². The van der Waals surface area contributed by atoms with Crippen LogP contribution in [-0.2, 0) is 28.4 Å². The van der Waals surface area contributed by atoms with Crippen LogP contribution in [0.15, 0.2) is 158 Å². The maximum absolute atomic E-state index is 14.1. The highest BCUT2D eigenvalue weighted by Gasteiger charge is 2.26. The number of rotatable bonds is 24. The van der Waals surface area contributed by atoms with E-state index in [9.17, 15) is 57.3 Å². The summed E-state index contributed by atoms with van der Waals surface area (Å²) < 4.78 is 112. The lowest BCUT2D eigenvalue weighted by Gasteiger charge is -2.27. The molecule has 6 aromatic carbocycles. The summed E-state index contributed by atoms with van der Waals surface area (Å²) >= 11 is 15.1. The zero-order valence-corrected chi connectivity index (χ0v) is 73.4. The fourth-order valence-corrected chi connectivity index (χ4v) is 13.6. The molecule has 5 aromatic heterocycles. The van der Waals surface area contributed by atoms with Gasteiger partial charge in [-0.05, 0) is 64.9 Å². The molecule has 0 atom stereocenters. The van der Waals surface area contributed by atoms with Gasteiger partial charge in [-0.2, -0.15) is 50.4 Å². The van der Waals surface area contributed by atoms with Crippen molar-refractivity contribution >= 4 is 151 Å². The number of nitrogens with one attached hydrogen (secondary N) is 5. The van der Waals surface area contributed by atoms with Crippen LogP contribution in [0.1, 0.15) is 38.2 Å². The molecular weight excluding hydrogens is 1850 g/mol. The summed E-state index contributed by atoms with van der Waals surface area (Å²) in [5.74, 6) is -1.71. The summed E-state index contributed by atoms with van der Waals surface area (Å²) in [6.07, 6.45) is 12.4. The van der Waals surface area contributed by atoms with Crippen molar-refractivity contribution in [1.29, 1.82) is 0 Å². The minimum atomic E-state index is -0.736. The average molecular weight is 1930 g/mol. The second-order valence-electron chi connectivity index (χ2n) is 27.7. The molecular formula is C83H84BrCl2F5N26O15. The molecule has 5 fully saturated rings. The number of esters is 1. The summed E-state index contributed by atoms with van der Waals surface area (Å²) in [5, 5.41) is 73.2. The molecule has 0 bridgehead atoms. The molecule has 0 saturated carbocycles. The molecule has 49 heteroatoms. The number of anilines is 10. The smallest absolute Gasteiger partial charge is 0.337 e. The number of halogens is 8. The van der Waals surface area contributed by atoms with E-state index in [1.165, 1.54) is 64.4 Å². The standard InChI is InChI=1S/C19H18FN5O2.C17H18FN5O3.C16H17BrFN5O3.C16H17FN6O5.C15H14Cl2FN5O2/c20-16-12-21-19(23-18(16)25-7-9-27-10-8-25)24-22-11-15-14-4-2-1-3-13(14)5-6-17(15)26;1-25-16(24)13-4-2-12(3-5-13)10-20-22-17-19-11-14(18)15(21-17)23-6-8-26-9-7-23;1-25-13-7-11(17)6-10(14(13)24)8-20-22-16-19-9-12(18)15(21-16)23-2-4-26-5-3-23;1-27-13-7-10(6-12(14(13)24)23(25)26)8-19-21-16-18-9-11(17)15(20-16)22-2-4-28-5-3-22;16-10-5-9(13(24)11(17)6-10)7-20-22-15-19-8-12(18)14(21-15)23-1-3-25-4-2-23/h1-6,11-12,26H,7-10H2,(H,21,23,24);2-5,10-11H,6-9H2,1H3,(H,19,21,22);6-9,24H,2-5H2,1H3,(H,19,21,22);6-9,24H,2-5H2,1H3,(H,18,20,21);5-8,24H,1-4H2,(H,19,21,22)/b22-11+;20-10-;20-8+;19-8-;20-7+. The summed E-state index contributed by atoms with van der Waals surface area (Å²) in [5.41, 5.74) is 15.5. The number of ether oxygens (including phenoxy) is 8. The number of carbonyl (C=O) groups is 1. The van der Waals surface area contributed by atoms with E-state index < -0.39 is 51.4 Å². The molecule has 5 saturated heterocycles. The predicted octanol–water partition coefficient (Wildman–Crippen LogP) is 11.2. The Morgan fingerprint density at radius 1 is 0.455 bits per heavy atom. The largest absolute Gasteiger partial charge is 0.507 e. The van der Waals surface area contributed by atoms with Gasteiger partial charge in [-0.3, -0.25) is 10.1 Å². The van der Waals surface area contributed by atoms with E-state index in [0.717, 1.165) is 57.9 Å². The number of phenolic OH excluding ortho intramolecular Hbond substituents is 4. The summed E-state index contributed by atoms with van der Waals surface area (Å²) in [4.78, 5) is 70.7. The zero-order valence-electron chi connectivity index (χ0n) is 70.3. The van der Waals surface area contributed by atoms with E-state index in [-0.39, 0.29) is 86.9 Å². The molecule has 0 aliphatic carbocycles. The minimum Gasteiger partial charge on any atom is -0.507 e. The highest BCUT2D eigenvalue weighted by molar-refractivity contribution is 9.10. The molecule has 0 radical (unpaired) electrons. The Bertz CT molecular complexity index is 5950. The molecule has 0 unspecified atom stereocenters. The number of aromatic hydroxyl groups is 4. The molecule has 10 heterocycles. The number of benzene rings is 6. The SMILES string of the molecule is COC(=O)c1ccc(/C=N\Nc2ncc(F)c(N3CCOCC3)n2)cc1.COc1cc(/C=N\Nc2ncc(F)c(N3CCOCC3)n2)cc([N+](=O)[O-])c1O.COc1cc(Br)cc(/C=N/Nc2ncc(F)c(N3CCOCC3)n2)c1O.Oc1c(Cl)cc(Cl)cc1/C=N/Nc1ncc(F)c(N2CCOCC2)n1.Oc1ccc2ccccc2c1/C=N/Nc1ncc(F)c(N2CCOCC2)n1.